The van der Waals surface area contributed by atoms with Gasteiger partial charge in [-0.15, -0.1) is 0 Å². The third kappa shape index (κ3) is 3.28. The van der Waals surface area contributed by atoms with E-state index in [9.17, 15) is 22.0 Å². The Balaban J connectivity index is 2.72. The standard InChI is InChI=1S/C13H7F5N4O/c1-5-10(13(16,17)18)21-12(20)22-11(5)23-9-7(14)2-6(4-19)3-8(9)15/h2-3H,1H3,(H2,20,21,22)/i1D3. The van der Waals surface area contributed by atoms with E-state index in [1.54, 1.807) is 0 Å². The van der Waals surface area contributed by atoms with E-state index in [1.165, 1.54) is 6.07 Å². The molecule has 0 aliphatic carbocycles. The average molecular weight is 333 g/mol. The van der Waals surface area contributed by atoms with Gasteiger partial charge >= 0.3 is 6.18 Å². The van der Waals surface area contributed by atoms with E-state index in [1.807, 2.05) is 0 Å². The number of anilines is 1. The molecular weight excluding hydrogens is 323 g/mol. The maximum atomic E-state index is 13.9. The number of nitrogens with two attached hydrogens (primary N) is 1. The van der Waals surface area contributed by atoms with Gasteiger partial charge in [0, 0.05) is 9.68 Å². The van der Waals surface area contributed by atoms with Crippen LogP contribution in [0, 0.1) is 29.8 Å². The lowest BCUT2D eigenvalue weighted by Gasteiger charge is -2.14. The summed E-state index contributed by atoms with van der Waals surface area (Å²) in [5.74, 6) is -6.46. The maximum absolute atomic E-state index is 13.9. The number of rotatable bonds is 2. The highest BCUT2D eigenvalue weighted by Gasteiger charge is 2.37. The van der Waals surface area contributed by atoms with Crippen molar-refractivity contribution < 1.29 is 30.8 Å². The molecular formula is C13H7F5N4O. The second-order valence-electron chi connectivity index (χ2n) is 4.09. The molecule has 0 atom stereocenters. The van der Waals surface area contributed by atoms with Gasteiger partial charge in [0.1, 0.15) is 0 Å². The van der Waals surface area contributed by atoms with Crippen LogP contribution in [0.15, 0.2) is 12.1 Å². The van der Waals surface area contributed by atoms with E-state index in [2.05, 4.69) is 14.7 Å². The summed E-state index contributed by atoms with van der Waals surface area (Å²) in [7, 11) is 0. The molecule has 2 N–H and O–H groups in total. The molecule has 0 unspecified atom stereocenters. The van der Waals surface area contributed by atoms with Crippen molar-refractivity contribution in [3.05, 3.63) is 40.6 Å². The lowest BCUT2D eigenvalue weighted by molar-refractivity contribution is -0.141. The Morgan fingerprint density at radius 2 is 1.87 bits per heavy atom. The fourth-order valence-corrected chi connectivity index (χ4v) is 1.55. The SMILES string of the molecule is [2H]C([2H])([2H])c1c(Oc2c(F)cc(C#N)cc2F)nc(N)nc1C(F)(F)F. The minimum Gasteiger partial charge on any atom is -0.432 e. The molecule has 10 heteroatoms. The second-order valence-corrected chi connectivity index (χ2v) is 4.09. The first-order chi connectivity index (χ1) is 11.8. The number of nitrogen functional groups attached to an aromatic ring is 1. The predicted octanol–water partition coefficient (Wildman–Crippen LogP) is 3.33. The summed E-state index contributed by atoms with van der Waals surface area (Å²) in [6, 6.07) is 2.54. The van der Waals surface area contributed by atoms with Crippen LogP contribution < -0.4 is 10.5 Å². The van der Waals surface area contributed by atoms with E-state index >= 15 is 0 Å². The van der Waals surface area contributed by atoms with Crippen LogP contribution in [0.2, 0.25) is 0 Å². The molecule has 0 radical (unpaired) electrons. The summed E-state index contributed by atoms with van der Waals surface area (Å²) in [4.78, 5) is 6.08. The molecule has 0 saturated carbocycles. The maximum Gasteiger partial charge on any atom is 0.433 e. The van der Waals surface area contributed by atoms with Gasteiger partial charge in [-0.05, 0) is 19.0 Å². The molecule has 0 bridgehead atoms. The normalized spacial score (nSPS) is 13.7. The topological polar surface area (TPSA) is 84.8 Å². The molecule has 120 valence electrons. The van der Waals surface area contributed by atoms with Crippen LogP contribution >= 0.6 is 0 Å². The smallest absolute Gasteiger partial charge is 0.432 e. The molecule has 1 heterocycles. The molecule has 0 aliphatic heterocycles. The number of ether oxygens (including phenoxy) is 1. The Kier molecular flexibility index (Phi) is 3.10. The highest BCUT2D eigenvalue weighted by molar-refractivity contribution is 5.42. The van der Waals surface area contributed by atoms with Crippen molar-refractivity contribution in [3.8, 4) is 17.7 Å². The van der Waals surface area contributed by atoms with E-state index in [0.29, 0.717) is 12.1 Å². The van der Waals surface area contributed by atoms with E-state index in [4.69, 9.17) is 15.1 Å². The van der Waals surface area contributed by atoms with Crippen LogP contribution in [0.4, 0.5) is 27.9 Å². The van der Waals surface area contributed by atoms with Crippen LogP contribution in [0.3, 0.4) is 0 Å². The largest absolute Gasteiger partial charge is 0.433 e. The first-order valence-corrected chi connectivity index (χ1v) is 5.66. The van der Waals surface area contributed by atoms with Crippen LogP contribution in [-0.2, 0) is 6.18 Å². The lowest BCUT2D eigenvalue weighted by atomic mass is 10.2. The van der Waals surface area contributed by atoms with Gasteiger partial charge in [0.05, 0.1) is 11.6 Å². The zero-order chi connectivity index (χ0) is 19.9. The second kappa shape index (κ2) is 5.68. The van der Waals surface area contributed by atoms with Crippen molar-refractivity contribution in [3.63, 3.8) is 0 Å². The fourth-order valence-electron chi connectivity index (χ4n) is 1.55. The number of hydrogen-bond acceptors (Lipinski definition) is 5. The Labute approximate surface area is 130 Å². The van der Waals surface area contributed by atoms with Crippen molar-refractivity contribution in [1.29, 1.82) is 5.26 Å². The summed E-state index contributed by atoms with van der Waals surface area (Å²) in [5, 5.41) is 8.62. The van der Waals surface area contributed by atoms with E-state index in [-0.39, 0.29) is 0 Å². The van der Waals surface area contributed by atoms with Crippen molar-refractivity contribution in [2.75, 3.05) is 5.73 Å². The van der Waals surface area contributed by atoms with Crippen LogP contribution in [0.1, 0.15) is 20.9 Å². The zero-order valence-electron chi connectivity index (χ0n) is 13.9. The molecule has 1 aromatic carbocycles. The van der Waals surface area contributed by atoms with Gasteiger partial charge in [0.25, 0.3) is 0 Å². The van der Waals surface area contributed by atoms with Crippen molar-refractivity contribution >= 4 is 5.95 Å². The molecule has 2 aromatic rings. The number of benzene rings is 1. The van der Waals surface area contributed by atoms with Crippen LogP contribution in [0.5, 0.6) is 11.6 Å². The Bertz CT molecular complexity index is 885. The third-order valence-electron chi connectivity index (χ3n) is 2.49. The monoisotopic (exact) mass is 333 g/mol. The summed E-state index contributed by atoms with van der Waals surface area (Å²) < 4.78 is 93.5. The van der Waals surface area contributed by atoms with Crippen molar-refractivity contribution in [2.45, 2.75) is 13.0 Å². The summed E-state index contributed by atoms with van der Waals surface area (Å²) in [6.45, 7) is -3.44. The van der Waals surface area contributed by atoms with Gasteiger partial charge in [-0.1, -0.05) is 0 Å². The lowest BCUT2D eigenvalue weighted by Crippen LogP contribution is -2.14. The molecule has 2 rings (SSSR count). The van der Waals surface area contributed by atoms with Gasteiger partial charge in [0.2, 0.25) is 17.6 Å². The average Bonchev–Trinajstić information content (AvgIpc) is 2.47. The first kappa shape index (κ1) is 12.6. The number of alkyl halides is 3. The minimum absolute atomic E-state index is 0.429. The van der Waals surface area contributed by atoms with Crippen LogP contribution in [0.25, 0.3) is 0 Å². The number of nitriles is 1. The molecule has 0 amide bonds. The van der Waals surface area contributed by atoms with Crippen LogP contribution in [-0.4, -0.2) is 9.97 Å². The Morgan fingerprint density at radius 1 is 1.26 bits per heavy atom. The molecule has 1 aromatic heterocycles. The van der Waals surface area contributed by atoms with E-state index in [0.717, 1.165) is 0 Å². The summed E-state index contributed by atoms with van der Waals surface area (Å²) >= 11 is 0. The van der Waals surface area contributed by atoms with Crippen molar-refractivity contribution in [2.24, 2.45) is 0 Å². The highest BCUT2D eigenvalue weighted by atomic mass is 19.4. The quantitative estimate of drug-likeness (QED) is 0.852. The first-order valence-electron chi connectivity index (χ1n) is 7.16. The Hall–Kier alpha value is -2.96. The zero-order valence-corrected chi connectivity index (χ0v) is 10.9. The highest BCUT2D eigenvalue weighted by Crippen LogP contribution is 2.36. The van der Waals surface area contributed by atoms with E-state index < -0.39 is 59.1 Å². The third-order valence-corrected chi connectivity index (χ3v) is 2.49. The number of halogens is 5. The molecule has 23 heavy (non-hydrogen) atoms. The minimum atomic E-state index is -5.25. The predicted molar refractivity (Wildman–Crippen MR) is 67.3 cm³/mol. The molecule has 0 aliphatic rings. The fraction of sp³-hybridized carbons (Fsp3) is 0.154. The van der Waals surface area contributed by atoms with Gasteiger partial charge in [-0.25, -0.2) is 13.8 Å². The van der Waals surface area contributed by atoms with Crippen molar-refractivity contribution in [1.82, 2.24) is 9.97 Å². The van der Waals surface area contributed by atoms with Gasteiger partial charge in [-0.2, -0.15) is 23.4 Å². The molecule has 0 fully saturated rings. The van der Waals surface area contributed by atoms with Gasteiger partial charge in [-0.3, -0.25) is 0 Å². The molecule has 0 spiro atoms. The van der Waals surface area contributed by atoms with Gasteiger partial charge in [0.15, 0.2) is 17.3 Å². The number of nitrogens with zero attached hydrogens (tertiary/aromatic N) is 3. The van der Waals surface area contributed by atoms with Gasteiger partial charge < -0.3 is 10.5 Å². The summed E-state index contributed by atoms with van der Waals surface area (Å²) in [6.07, 6.45) is -5.25. The number of aromatic nitrogens is 2. The molecule has 5 nitrogen and oxygen atoms in total. The summed E-state index contributed by atoms with van der Waals surface area (Å²) in [5.41, 5.74) is 1.26. The molecule has 0 saturated heterocycles. The Morgan fingerprint density at radius 3 is 2.35 bits per heavy atom. The number of hydrogen-bond donors (Lipinski definition) is 1.